The Labute approximate surface area is 97.7 Å². The average molecular weight is 319 g/mol. The van der Waals surface area contributed by atoms with Crippen LogP contribution in [-0.4, -0.2) is 11.1 Å². The second-order valence-electron chi connectivity index (χ2n) is 2.77. The van der Waals surface area contributed by atoms with Crippen molar-refractivity contribution >= 4 is 55.0 Å². The number of anilines is 1. The first-order chi connectivity index (χ1) is 6.61. The Kier molecular flexibility index (Phi) is 2.36. The van der Waals surface area contributed by atoms with Gasteiger partial charge in [0.2, 0.25) is 0 Å². The first-order valence-electron chi connectivity index (χ1n) is 3.81. The van der Waals surface area contributed by atoms with Crippen molar-refractivity contribution in [3.05, 3.63) is 27.3 Å². The van der Waals surface area contributed by atoms with Crippen molar-refractivity contribution in [3.8, 4) is 0 Å². The lowest BCUT2D eigenvalue weighted by Crippen LogP contribution is -1.95. The van der Waals surface area contributed by atoms with Crippen LogP contribution in [0.3, 0.4) is 0 Å². The predicted octanol–water partition coefficient (Wildman–Crippen LogP) is 2.79. The zero-order valence-electron chi connectivity index (χ0n) is 6.95. The highest BCUT2D eigenvalue weighted by Crippen LogP contribution is 2.36. The highest BCUT2D eigenvalue weighted by molar-refractivity contribution is 14.1. The molecule has 2 aromatic rings. The Hall–Kier alpha value is -0.820. The molecule has 5 heteroatoms. The normalized spacial score (nSPS) is 10.6. The van der Waals surface area contributed by atoms with Gasteiger partial charge in [-0.3, -0.25) is 0 Å². The van der Waals surface area contributed by atoms with E-state index < -0.39 is 5.97 Å². The lowest BCUT2D eigenvalue weighted by atomic mass is 10.2. The smallest absolute Gasteiger partial charge is 0.337 e. The standard InChI is InChI=1S/C9H6INO2S/c10-6-4-2-1-3-5(9(12)13)7(4)14-8(6)11/h1-3H,11H2,(H,12,13). The Morgan fingerprint density at radius 2 is 2.21 bits per heavy atom. The SMILES string of the molecule is Nc1sc2c(C(=O)O)cccc2c1I. The molecule has 0 aliphatic heterocycles. The van der Waals surface area contributed by atoms with Crippen LogP contribution in [0.25, 0.3) is 10.1 Å². The number of aromatic carboxylic acids is 1. The molecule has 3 N–H and O–H groups in total. The van der Waals surface area contributed by atoms with Gasteiger partial charge in [-0.05, 0) is 28.7 Å². The molecule has 0 atom stereocenters. The summed E-state index contributed by atoms with van der Waals surface area (Å²) >= 11 is 3.45. The average Bonchev–Trinajstić information content (AvgIpc) is 2.43. The molecule has 14 heavy (non-hydrogen) atoms. The molecule has 0 fully saturated rings. The summed E-state index contributed by atoms with van der Waals surface area (Å²) in [6.45, 7) is 0. The minimum absolute atomic E-state index is 0.321. The molecule has 0 amide bonds. The van der Waals surface area contributed by atoms with Crippen molar-refractivity contribution in [2.24, 2.45) is 0 Å². The van der Waals surface area contributed by atoms with Crippen LogP contribution in [0.1, 0.15) is 10.4 Å². The third kappa shape index (κ3) is 1.36. The van der Waals surface area contributed by atoms with Gasteiger partial charge in [-0.15, -0.1) is 11.3 Å². The molecule has 0 bridgehead atoms. The summed E-state index contributed by atoms with van der Waals surface area (Å²) < 4.78 is 1.69. The molecule has 72 valence electrons. The van der Waals surface area contributed by atoms with Crippen LogP contribution >= 0.6 is 33.9 Å². The number of carbonyl (C=O) groups is 1. The number of nitrogens with two attached hydrogens (primary N) is 1. The molecule has 0 aliphatic carbocycles. The van der Waals surface area contributed by atoms with Crippen LogP contribution < -0.4 is 5.73 Å². The van der Waals surface area contributed by atoms with Crippen molar-refractivity contribution < 1.29 is 9.90 Å². The summed E-state index contributed by atoms with van der Waals surface area (Å²) in [7, 11) is 0. The zero-order valence-corrected chi connectivity index (χ0v) is 9.93. The fourth-order valence-corrected chi connectivity index (χ4v) is 3.20. The first-order valence-corrected chi connectivity index (χ1v) is 5.70. The van der Waals surface area contributed by atoms with Gasteiger partial charge in [0.1, 0.15) is 5.00 Å². The van der Waals surface area contributed by atoms with Gasteiger partial charge in [0.05, 0.1) is 13.8 Å². The van der Waals surface area contributed by atoms with E-state index in [-0.39, 0.29) is 0 Å². The summed E-state index contributed by atoms with van der Waals surface area (Å²) in [5, 5.41) is 10.5. The van der Waals surface area contributed by atoms with Gasteiger partial charge >= 0.3 is 5.97 Å². The molecular formula is C9H6INO2S. The molecule has 2 rings (SSSR count). The minimum atomic E-state index is -0.909. The predicted molar refractivity (Wildman–Crippen MR) is 65.9 cm³/mol. The first kappa shape index (κ1) is 9.72. The number of benzene rings is 1. The molecule has 1 heterocycles. The number of carboxylic acid groups (broad SMARTS) is 1. The molecule has 0 aliphatic rings. The van der Waals surface area contributed by atoms with Crippen molar-refractivity contribution in [1.82, 2.24) is 0 Å². The third-order valence-corrected chi connectivity index (χ3v) is 4.51. The van der Waals surface area contributed by atoms with E-state index in [0.29, 0.717) is 10.6 Å². The molecule has 0 spiro atoms. The number of hydrogen-bond acceptors (Lipinski definition) is 3. The van der Waals surface area contributed by atoms with Crippen LogP contribution in [-0.2, 0) is 0 Å². The second kappa shape index (κ2) is 3.39. The number of carboxylic acids is 1. The number of nitrogen functional groups attached to an aromatic ring is 1. The summed E-state index contributed by atoms with van der Waals surface area (Å²) in [4.78, 5) is 10.9. The van der Waals surface area contributed by atoms with Crippen molar-refractivity contribution in [3.63, 3.8) is 0 Å². The molecule has 0 saturated heterocycles. The highest BCUT2D eigenvalue weighted by atomic mass is 127. The Morgan fingerprint density at radius 1 is 1.50 bits per heavy atom. The Balaban J connectivity index is 2.88. The van der Waals surface area contributed by atoms with E-state index in [4.69, 9.17) is 10.8 Å². The molecule has 0 saturated carbocycles. The van der Waals surface area contributed by atoms with E-state index in [0.717, 1.165) is 13.7 Å². The largest absolute Gasteiger partial charge is 0.478 e. The van der Waals surface area contributed by atoms with Gasteiger partial charge in [-0.2, -0.15) is 0 Å². The maximum atomic E-state index is 10.9. The van der Waals surface area contributed by atoms with Crippen molar-refractivity contribution in [2.45, 2.75) is 0 Å². The van der Waals surface area contributed by atoms with E-state index >= 15 is 0 Å². The van der Waals surface area contributed by atoms with E-state index in [9.17, 15) is 4.79 Å². The fraction of sp³-hybridized carbons (Fsp3) is 0. The maximum Gasteiger partial charge on any atom is 0.337 e. The van der Waals surface area contributed by atoms with Gasteiger partial charge in [0.25, 0.3) is 0 Å². The molecule has 0 radical (unpaired) electrons. The number of fused-ring (bicyclic) bond motifs is 1. The van der Waals surface area contributed by atoms with Crippen LogP contribution in [0.5, 0.6) is 0 Å². The molecular weight excluding hydrogens is 313 g/mol. The molecule has 1 aromatic heterocycles. The van der Waals surface area contributed by atoms with Crippen LogP contribution in [0.2, 0.25) is 0 Å². The Morgan fingerprint density at radius 3 is 2.86 bits per heavy atom. The van der Waals surface area contributed by atoms with E-state index in [1.807, 2.05) is 6.07 Å². The molecule has 3 nitrogen and oxygen atoms in total. The van der Waals surface area contributed by atoms with Crippen molar-refractivity contribution in [1.29, 1.82) is 0 Å². The third-order valence-electron chi connectivity index (χ3n) is 1.91. The lowest BCUT2D eigenvalue weighted by molar-refractivity contribution is 0.0699. The quantitative estimate of drug-likeness (QED) is 0.795. The summed E-state index contributed by atoms with van der Waals surface area (Å²) in [6, 6.07) is 5.22. The lowest BCUT2D eigenvalue weighted by Gasteiger charge is -1.95. The number of hydrogen-bond donors (Lipinski definition) is 2. The monoisotopic (exact) mass is 319 g/mol. The van der Waals surface area contributed by atoms with Gasteiger partial charge in [-0.25, -0.2) is 4.79 Å². The Bertz CT molecular complexity index is 521. The maximum absolute atomic E-state index is 10.9. The van der Waals surface area contributed by atoms with E-state index in [1.165, 1.54) is 11.3 Å². The van der Waals surface area contributed by atoms with Crippen LogP contribution in [0.4, 0.5) is 5.00 Å². The molecule has 1 aromatic carbocycles. The van der Waals surface area contributed by atoms with Gasteiger partial charge < -0.3 is 10.8 Å². The van der Waals surface area contributed by atoms with Gasteiger partial charge in [-0.1, -0.05) is 12.1 Å². The number of thiophene rings is 1. The fourth-order valence-electron chi connectivity index (χ4n) is 1.28. The summed E-state index contributed by atoms with van der Waals surface area (Å²) in [5.41, 5.74) is 6.06. The van der Waals surface area contributed by atoms with Crippen LogP contribution in [0.15, 0.2) is 18.2 Å². The number of halogens is 1. The van der Waals surface area contributed by atoms with Gasteiger partial charge in [0.15, 0.2) is 0 Å². The van der Waals surface area contributed by atoms with E-state index in [1.54, 1.807) is 12.1 Å². The summed E-state index contributed by atoms with van der Waals surface area (Å²) in [6.07, 6.45) is 0. The van der Waals surface area contributed by atoms with Crippen LogP contribution in [0, 0.1) is 3.57 Å². The minimum Gasteiger partial charge on any atom is -0.478 e. The second-order valence-corrected chi connectivity index (χ2v) is 4.90. The van der Waals surface area contributed by atoms with E-state index in [2.05, 4.69) is 22.6 Å². The highest BCUT2D eigenvalue weighted by Gasteiger charge is 2.13. The zero-order chi connectivity index (χ0) is 10.3. The van der Waals surface area contributed by atoms with Crippen molar-refractivity contribution in [2.75, 3.05) is 5.73 Å². The van der Waals surface area contributed by atoms with Gasteiger partial charge in [0, 0.05) is 5.39 Å². The topological polar surface area (TPSA) is 63.3 Å². The molecule has 0 unspecified atom stereocenters. The number of rotatable bonds is 1. The summed E-state index contributed by atoms with van der Waals surface area (Å²) in [5.74, 6) is -0.909.